The molecule has 0 spiro atoms. The van der Waals surface area contributed by atoms with E-state index in [1.807, 2.05) is 72.8 Å². The van der Waals surface area contributed by atoms with Crippen molar-refractivity contribution in [2.45, 2.75) is 155 Å². The van der Waals surface area contributed by atoms with Crippen molar-refractivity contribution in [2.24, 2.45) is 0 Å². The smallest absolute Gasteiger partial charge is 0.343 e. The number of hydrogen-bond donors (Lipinski definition) is 0. The predicted octanol–water partition coefficient (Wildman–Crippen LogP) is 15.0. The van der Waals surface area contributed by atoms with Crippen molar-refractivity contribution >= 4 is 35.7 Å². The normalized spacial score (nSPS) is 14.7. The molecule has 420 valence electrons. The van der Waals surface area contributed by atoms with E-state index in [4.69, 9.17) is 28.4 Å². The molecule has 0 N–H and O–H groups in total. The van der Waals surface area contributed by atoms with Gasteiger partial charge in [0.05, 0.1) is 34.5 Å². The second-order valence-corrected chi connectivity index (χ2v) is 20.5. The molecule has 0 aliphatic carbocycles. The molecule has 7 rings (SSSR count). The Kier molecular flexibility index (Phi) is 22.6. The summed E-state index contributed by atoms with van der Waals surface area (Å²) in [7, 11) is 0. The number of amides is 2. The Bertz CT molecular complexity index is 2760. The minimum Gasteiger partial charge on any atom is -0.491 e. The summed E-state index contributed by atoms with van der Waals surface area (Å²) in [6.45, 7) is 10.7. The highest BCUT2D eigenvalue weighted by Gasteiger charge is 2.52. The predicted molar refractivity (Wildman–Crippen MR) is 308 cm³/mol. The number of carbonyl (C=O) groups excluding carboxylic acids is 6. The maximum absolute atomic E-state index is 13.8. The fourth-order valence-electron chi connectivity index (χ4n) is 9.36. The van der Waals surface area contributed by atoms with E-state index in [1.165, 1.54) is 87.1 Å². The molecule has 0 radical (unpaired) electrons. The quantitative estimate of drug-likeness (QED) is 0.0182. The highest BCUT2D eigenvalue weighted by molar-refractivity contribution is 6.10. The van der Waals surface area contributed by atoms with Gasteiger partial charge < -0.3 is 28.4 Å². The molecule has 6 aromatic rings. The molecule has 1 saturated heterocycles. The van der Waals surface area contributed by atoms with E-state index in [1.54, 1.807) is 24.3 Å². The standard InChI is InChI=1S/C67H75NO12/c1-6-9-12-15-18-45-68-62(69)60(79-66(73)54-33-41-58(42-34-54)77-64(71)52-25-21-48(22-26-52)50-29-37-56(38-30-50)75-46(4)19-16-13-10-7-2)61(63(68)70)80-67(74)55-35-43-59(44-36-55)78-65(72)53-27-23-49(24-28-53)51-31-39-57(40-32-51)76-47(5)20-17-14-11-8-3/h21-44,46-47,60-61H,6-20,45H2,1-5H3/t46-,47-,60-,61-/m1/s1. The SMILES string of the molecule is CCCCCCCN1C(=O)[C@H](OC(=O)c2ccc(OC(=O)c3ccc(-c4ccc(O[C@H](C)CCCCCC)cc4)cc3)cc2)[C@@H](OC(=O)c2ccc(OC(=O)c3ccc(-c4ccc(O[C@H](C)CCCCCC)cc4)cc3)cc2)C1=O. The van der Waals surface area contributed by atoms with Gasteiger partial charge in [0.2, 0.25) is 12.2 Å². The zero-order valence-corrected chi connectivity index (χ0v) is 46.8. The summed E-state index contributed by atoms with van der Waals surface area (Å²) in [5.41, 5.74) is 4.36. The van der Waals surface area contributed by atoms with Crippen molar-refractivity contribution in [3.05, 3.63) is 168 Å². The van der Waals surface area contributed by atoms with Crippen LogP contribution in [0.5, 0.6) is 23.0 Å². The summed E-state index contributed by atoms with van der Waals surface area (Å²) < 4.78 is 34.7. The third-order valence-corrected chi connectivity index (χ3v) is 14.1. The molecule has 0 unspecified atom stereocenters. The molecule has 1 heterocycles. The van der Waals surface area contributed by atoms with Crippen LogP contribution in [0.25, 0.3) is 22.3 Å². The first-order chi connectivity index (χ1) is 38.8. The minimum atomic E-state index is -1.77. The van der Waals surface area contributed by atoms with Crippen LogP contribution in [0.15, 0.2) is 146 Å². The summed E-state index contributed by atoms with van der Waals surface area (Å²) in [4.78, 5) is 82.1. The van der Waals surface area contributed by atoms with Crippen molar-refractivity contribution in [3.63, 3.8) is 0 Å². The van der Waals surface area contributed by atoms with Crippen LogP contribution in [0.1, 0.15) is 172 Å². The van der Waals surface area contributed by atoms with Gasteiger partial charge in [0.15, 0.2) is 0 Å². The third kappa shape index (κ3) is 17.2. The molecule has 1 aliphatic rings. The third-order valence-electron chi connectivity index (χ3n) is 14.1. The van der Waals surface area contributed by atoms with Crippen LogP contribution >= 0.6 is 0 Å². The Morgan fingerprint density at radius 1 is 0.375 bits per heavy atom. The van der Waals surface area contributed by atoms with E-state index >= 15 is 0 Å². The number of imide groups is 1. The first-order valence-electron chi connectivity index (χ1n) is 28.5. The van der Waals surface area contributed by atoms with Crippen LogP contribution in [-0.2, 0) is 19.1 Å². The van der Waals surface area contributed by atoms with E-state index in [9.17, 15) is 28.8 Å². The number of esters is 4. The number of nitrogens with zero attached hydrogens (tertiary/aromatic N) is 1. The van der Waals surface area contributed by atoms with Crippen LogP contribution in [0.4, 0.5) is 0 Å². The molecule has 13 heteroatoms. The minimum absolute atomic E-state index is 0.00897. The average molecular weight is 1090 g/mol. The van der Waals surface area contributed by atoms with Crippen molar-refractivity contribution in [1.29, 1.82) is 0 Å². The van der Waals surface area contributed by atoms with Crippen LogP contribution in [-0.4, -0.2) is 71.6 Å². The fraction of sp³-hybridized carbons (Fsp3) is 0.373. The molecule has 0 aromatic heterocycles. The van der Waals surface area contributed by atoms with Crippen LogP contribution in [0.2, 0.25) is 0 Å². The van der Waals surface area contributed by atoms with Crippen molar-refractivity contribution < 1.29 is 57.2 Å². The van der Waals surface area contributed by atoms with Gasteiger partial charge in [-0.25, -0.2) is 19.2 Å². The Hall–Kier alpha value is -8.06. The van der Waals surface area contributed by atoms with Gasteiger partial charge >= 0.3 is 23.9 Å². The maximum atomic E-state index is 13.8. The second kappa shape index (κ2) is 30.3. The first-order valence-corrected chi connectivity index (χ1v) is 28.5. The number of carbonyl (C=O) groups is 6. The van der Waals surface area contributed by atoms with Gasteiger partial charge in [0, 0.05) is 6.54 Å². The number of unbranched alkanes of at least 4 members (excludes halogenated alkanes) is 10. The Morgan fingerprint density at radius 2 is 0.662 bits per heavy atom. The van der Waals surface area contributed by atoms with Crippen molar-refractivity contribution in [3.8, 4) is 45.3 Å². The van der Waals surface area contributed by atoms with Gasteiger partial charge in [0.25, 0.3) is 11.8 Å². The monoisotopic (exact) mass is 1090 g/mol. The molecule has 13 nitrogen and oxygen atoms in total. The Labute approximate surface area is 470 Å². The van der Waals surface area contributed by atoms with Crippen LogP contribution in [0, 0.1) is 0 Å². The van der Waals surface area contributed by atoms with E-state index in [0.29, 0.717) is 17.5 Å². The summed E-state index contributed by atoms with van der Waals surface area (Å²) in [5.74, 6) is -2.87. The topological polar surface area (TPSA) is 161 Å². The average Bonchev–Trinajstić information content (AvgIpc) is 3.71. The lowest BCUT2D eigenvalue weighted by Gasteiger charge is -2.17. The van der Waals surface area contributed by atoms with Gasteiger partial charge in [-0.05, 0) is 165 Å². The Balaban J connectivity index is 0.922. The maximum Gasteiger partial charge on any atom is 0.343 e. The van der Waals surface area contributed by atoms with E-state index in [2.05, 4.69) is 34.6 Å². The summed E-state index contributed by atoms with van der Waals surface area (Å²) in [6, 6.07) is 40.8. The van der Waals surface area contributed by atoms with Crippen molar-refractivity contribution in [1.82, 2.24) is 4.90 Å². The molecule has 2 amide bonds. The second-order valence-electron chi connectivity index (χ2n) is 20.5. The van der Waals surface area contributed by atoms with Gasteiger partial charge in [0.1, 0.15) is 23.0 Å². The lowest BCUT2D eigenvalue weighted by molar-refractivity contribution is -0.141. The highest BCUT2D eigenvalue weighted by Crippen LogP contribution is 2.29. The van der Waals surface area contributed by atoms with E-state index in [-0.39, 0.29) is 41.4 Å². The Morgan fingerprint density at radius 3 is 1.01 bits per heavy atom. The molecule has 1 fully saturated rings. The number of hydrogen-bond acceptors (Lipinski definition) is 12. The zero-order valence-electron chi connectivity index (χ0n) is 46.8. The van der Waals surface area contributed by atoms with Crippen molar-refractivity contribution in [2.75, 3.05) is 6.54 Å². The van der Waals surface area contributed by atoms with E-state index < -0.39 is 47.9 Å². The van der Waals surface area contributed by atoms with Gasteiger partial charge in [-0.3, -0.25) is 14.5 Å². The summed E-state index contributed by atoms with van der Waals surface area (Å²) in [5, 5.41) is 0. The largest absolute Gasteiger partial charge is 0.491 e. The zero-order chi connectivity index (χ0) is 56.8. The summed E-state index contributed by atoms with van der Waals surface area (Å²) in [6.07, 6.45) is 12.5. The van der Waals surface area contributed by atoms with Crippen LogP contribution < -0.4 is 18.9 Å². The summed E-state index contributed by atoms with van der Waals surface area (Å²) >= 11 is 0. The molecular weight excluding hydrogens is 1010 g/mol. The van der Waals surface area contributed by atoms with Crippen LogP contribution in [0.3, 0.4) is 0 Å². The molecular formula is C67H75NO12. The van der Waals surface area contributed by atoms with Gasteiger partial charge in [-0.2, -0.15) is 0 Å². The number of benzene rings is 6. The molecule has 4 atom stereocenters. The molecule has 1 aliphatic heterocycles. The molecule has 80 heavy (non-hydrogen) atoms. The fourth-order valence-corrected chi connectivity index (χ4v) is 9.36. The number of ether oxygens (including phenoxy) is 6. The van der Waals surface area contributed by atoms with Gasteiger partial charge in [-0.15, -0.1) is 0 Å². The first kappa shape index (κ1) is 59.6. The molecule has 6 aromatic carbocycles. The number of likely N-dealkylation sites (tertiary alicyclic amines) is 1. The van der Waals surface area contributed by atoms with Gasteiger partial charge in [-0.1, -0.05) is 134 Å². The molecule has 0 bridgehead atoms. The lowest BCUT2D eigenvalue weighted by Crippen LogP contribution is -2.37. The van der Waals surface area contributed by atoms with E-state index in [0.717, 1.165) is 90.0 Å². The molecule has 0 saturated carbocycles. The highest BCUT2D eigenvalue weighted by atomic mass is 16.6. The lowest BCUT2D eigenvalue weighted by atomic mass is 10.0. The number of rotatable bonds is 30.